The first-order valence-corrected chi connectivity index (χ1v) is 9.21. The molecule has 2 atom stereocenters. The van der Waals surface area contributed by atoms with Gasteiger partial charge in [-0.05, 0) is 25.1 Å². The number of aliphatic hydroxyl groups is 1. The van der Waals surface area contributed by atoms with Crippen LogP contribution in [0, 0.1) is 12.8 Å². The maximum atomic E-state index is 12.6. The van der Waals surface area contributed by atoms with Crippen LogP contribution in [0.5, 0.6) is 5.75 Å². The molecule has 2 aromatic carbocycles. The lowest BCUT2D eigenvalue weighted by Crippen LogP contribution is -2.35. The lowest BCUT2D eigenvalue weighted by atomic mass is 9.93. The van der Waals surface area contributed by atoms with Gasteiger partial charge in [-0.25, -0.2) is 0 Å². The van der Waals surface area contributed by atoms with E-state index in [1.165, 1.54) is 19.2 Å². The molecule has 132 valence electrons. The molecule has 0 fully saturated rings. The predicted octanol–water partition coefficient (Wildman–Crippen LogP) is 2.47. The van der Waals surface area contributed by atoms with E-state index in [-0.39, 0.29) is 17.4 Å². The van der Waals surface area contributed by atoms with E-state index in [9.17, 15) is 13.5 Å². The zero-order valence-electron chi connectivity index (χ0n) is 13.9. The highest BCUT2D eigenvalue weighted by Crippen LogP contribution is 2.37. The van der Waals surface area contributed by atoms with Gasteiger partial charge in [0.2, 0.25) is 5.90 Å². The van der Waals surface area contributed by atoms with Crippen molar-refractivity contribution in [3.63, 3.8) is 0 Å². The molecule has 0 saturated carbocycles. The SMILES string of the molecule is COCC1/C(=N/S(=O)(=O)c2ccc(C)cc2)Oc2ccccc2C1O. The van der Waals surface area contributed by atoms with Crippen molar-refractivity contribution in [2.24, 2.45) is 10.3 Å². The molecule has 1 aliphatic heterocycles. The minimum absolute atomic E-state index is 0.0683. The molecule has 2 unspecified atom stereocenters. The molecule has 0 amide bonds. The number of methoxy groups -OCH3 is 1. The Morgan fingerprint density at radius 2 is 1.84 bits per heavy atom. The number of para-hydroxylation sites is 1. The third-order valence-corrected chi connectivity index (χ3v) is 5.31. The Kier molecular flexibility index (Phi) is 4.89. The summed E-state index contributed by atoms with van der Waals surface area (Å²) in [7, 11) is -2.49. The standard InChI is InChI=1S/C18H19NO5S/c1-12-7-9-13(10-8-12)25(21,22)19-18-15(11-23-2)17(20)14-5-3-4-6-16(14)24-18/h3-10,15,17,20H,11H2,1-2H3/b19-18-. The van der Waals surface area contributed by atoms with Gasteiger partial charge in [0.1, 0.15) is 5.75 Å². The summed E-state index contributed by atoms with van der Waals surface area (Å²) in [6.45, 7) is 1.95. The molecule has 7 heteroatoms. The first-order valence-electron chi connectivity index (χ1n) is 7.77. The summed E-state index contributed by atoms with van der Waals surface area (Å²) in [6.07, 6.45) is -0.961. The van der Waals surface area contributed by atoms with Gasteiger partial charge < -0.3 is 14.6 Å². The van der Waals surface area contributed by atoms with E-state index in [1.807, 2.05) is 6.92 Å². The Balaban J connectivity index is 2.04. The summed E-state index contributed by atoms with van der Waals surface area (Å²) >= 11 is 0. The number of fused-ring (bicyclic) bond motifs is 1. The summed E-state index contributed by atoms with van der Waals surface area (Å²) in [5.41, 5.74) is 1.53. The van der Waals surface area contributed by atoms with E-state index in [4.69, 9.17) is 9.47 Å². The van der Waals surface area contributed by atoms with Crippen molar-refractivity contribution in [3.8, 4) is 5.75 Å². The lowest BCUT2D eigenvalue weighted by molar-refractivity contribution is 0.0642. The lowest BCUT2D eigenvalue weighted by Gasteiger charge is -2.30. The van der Waals surface area contributed by atoms with E-state index < -0.39 is 22.0 Å². The summed E-state index contributed by atoms with van der Waals surface area (Å²) in [6, 6.07) is 13.3. The molecule has 0 aromatic heterocycles. The van der Waals surface area contributed by atoms with Crippen LogP contribution in [0.25, 0.3) is 0 Å². The fourth-order valence-corrected chi connectivity index (χ4v) is 3.66. The molecule has 0 saturated heterocycles. The van der Waals surface area contributed by atoms with Gasteiger partial charge in [-0.15, -0.1) is 4.40 Å². The number of hydrogen-bond acceptors (Lipinski definition) is 5. The number of nitrogens with zero attached hydrogens (tertiary/aromatic N) is 1. The van der Waals surface area contributed by atoms with Gasteiger partial charge in [0.25, 0.3) is 10.0 Å². The van der Waals surface area contributed by atoms with Crippen molar-refractivity contribution >= 4 is 15.9 Å². The highest BCUT2D eigenvalue weighted by Gasteiger charge is 2.36. The smallest absolute Gasteiger partial charge is 0.285 e. The van der Waals surface area contributed by atoms with Crippen LogP contribution in [0.3, 0.4) is 0 Å². The fraction of sp³-hybridized carbons (Fsp3) is 0.278. The largest absolute Gasteiger partial charge is 0.441 e. The fourth-order valence-electron chi connectivity index (χ4n) is 2.67. The van der Waals surface area contributed by atoms with Crippen LogP contribution >= 0.6 is 0 Å². The van der Waals surface area contributed by atoms with E-state index in [2.05, 4.69) is 4.40 Å². The summed E-state index contributed by atoms with van der Waals surface area (Å²) in [4.78, 5) is 0.0683. The van der Waals surface area contributed by atoms with Crippen LogP contribution in [-0.2, 0) is 14.8 Å². The molecule has 1 heterocycles. The zero-order chi connectivity index (χ0) is 18.0. The number of aliphatic hydroxyl groups excluding tert-OH is 1. The van der Waals surface area contributed by atoms with Gasteiger partial charge in [0.05, 0.1) is 23.5 Å². The molecular weight excluding hydrogens is 342 g/mol. The van der Waals surface area contributed by atoms with Crippen molar-refractivity contribution < 1.29 is 23.0 Å². The van der Waals surface area contributed by atoms with E-state index in [0.29, 0.717) is 11.3 Å². The zero-order valence-corrected chi connectivity index (χ0v) is 14.7. The first-order chi connectivity index (χ1) is 11.9. The van der Waals surface area contributed by atoms with Crippen molar-refractivity contribution in [2.45, 2.75) is 17.9 Å². The highest BCUT2D eigenvalue weighted by atomic mass is 32.2. The average Bonchev–Trinajstić information content (AvgIpc) is 2.58. The molecular formula is C18H19NO5S. The molecule has 1 N–H and O–H groups in total. The second-order valence-electron chi connectivity index (χ2n) is 5.86. The Bertz CT molecular complexity index is 890. The topological polar surface area (TPSA) is 85.2 Å². The van der Waals surface area contributed by atoms with Gasteiger partial charge >= 0.3 is 0 Å². The van der Waals surface area contributed by atoms with Crippen molar-refractivity contribution in [3.05, 3.63) is 59.7 Å². The van der Waals surface area contributed by atoms with Crippen LogP contribution < -0.4 is 4.74 Å². The molecule has 25 heavy (non-hydrogen) atoms. The maximum absolute atomic E-state index is 12.6. The van der Waals surface area contributed by atoms with Crippen LogP contribution in [-0.4, -0.2) is 33.1 Å². The van der Waals surface area contributed by atoms with Gasteiger partial charge in [-0.3, -0.25) is 0 Å². The molecule has 1 aliphatic rings. The number of hydrogen-bond donors (Lipinski definition) is 1. The summed E-state index contributed by atoms with van der Waals surface area (Å²) < 4.78 is 39.8. The number of benzene rings is 2. The molecule has 0 radical (unpaired) electrons. The van der Waals surface area contributed by atoms with Crippen LogP contribution in [0.1, 0.15) is 17.2 Å². The maximum Gasteiger partial charge on any atom is 0.285 e. The number of rotatable bonds is 4. The van der Waals surface area contributed by atoms with Gasteiger partial charge in [0.15, 0.2) is 0 Å². The second kappa shape index (κ2) is 6.95. The molecule has 0 bridgehead atoms. The third kappa shape index (κ3) is 3.58. The molecule has 6 nitrogen and oxygen atoms in total. The highest BCUT2D eigenvalue weighted by molar-refractivity contribution is 7.90. The molecule has 2 aromatic rings. The van der Waals surface area contributed by atoms with E-state index in [1.54, 1.807) is 36.4 Å². The molecule has 3 rings (SSSR count). The number of ether oxygens (including phenoxy) is 2. The predicted molar refractivity (Wildman–Crippen MR) is 93.2 cm³/mol. The van der Waals surface area contributed by atoms with Crippen LogP contribution in [0.2, 0.25) is 0 Å². The van der Waals surface area contributed by atoms with Crippen molar-refractivity contribution in [1.82, 2.24) is 0 Å². The minimum Gasteiger partial charge on any atom is -0.441 e. The van der Waals surface area contributed by atoms with Gasteiger partial charge in [-0.2, -0.15) is 8.42 Å². The van der Waals surface area contributed by atoms with E-state index in [0.717, 1.165) is 5.56 Å². The Labute approximate surface area is 146 Å². The Morgan fingerprint density at radius 1 is 1.16 bits per heavy atom. The van der Waals surface area contributed by atoms with E-state index >= 15 is 0 Å². The minimum atomic E-state index is -3.96. The first kappa shape index (κ1) is 17.6. The van der Waals surface area contributed by atoms with Crippen LogP contribution in [0.4, 0.5) is 0 Å². The number of sulfonamides is 1. The van der Waals surface area contributed by atoms with Crippen LogP contribution in [0.15, 0.2) is 57.8 Å². The number of aryl methyl sites for hydroxylation is 1. The quantitative estimate of drug-likeness (QED) is 0.904. The molecule has 0 aliphatic carbocycles. The van der Waals surface area contributed by atoms with Crippen molar-refractivity contribution in [1.29, 1.82) is 0 Å². The monoisotopic (exact) mass is 361 g/mol. The Morgan fingerprint density at radius 3 is 2.52 bits per heavy atom. The average molecular weight is 361 g/mol. The summed E-state index contributed by atoms with van der Waals surface area (Å²) in [5.74, 6) is -0.394. The van der Waals surface area contributed by atoms with Crippen molar-refractivity contribution in [2.75, 3.05) is 13.7 Å². The van der Waals surface area contributed by atoms with Gasteiger partial charge in [0, 0.05) is 12.7 Å². The van der Waals surface area contributed by atoms with Gasteiger partial charge in [-0.1, -0.05) is 35.9 Å². The second-order valence-corrected chi connectivity index (χ2v) is 7.47. The summed E-state index contributed by atoms with van der Waals surface area (Å²) in [5, 5.41) is 10.6. The normalized spacial score (nSPS) is 21.6. The third-order valence-electron chi connectivity index (χ3n) is 4.03. The molecule has 0 spiro atoms. The Hall–Kier alpha value is -2.22.